The fourth-order valence-electron chi connectivity index (χ4n) is 4.70. The summed E-state index contributed by atoms with van der Waals surface area (Å²) in [5.41, 5.74) is 3.31. The Balaban J connectivity index is 1.20. The zero-order valence-electron chi connectivity index (χ0n) is 19.8. The molecule has 0 aromatic heterocycles. The highest BCUT2D eigenvalue weighted by molar-refractivity contribution is 5.94. The third kappa shape index (κ3) is 6.81. The van der Waals surface area contributed by atoms with Gasteiger partial charge in [0.25, 0.3) is 5.91 Å². The number of carbonyl (C=O) groups is 1. The van der Waals surface area contributed by atoms with Gasteiger partial charge in [-0.15, -0.1) is 0 Å². The van der Waals surface area contributed by atoms with Gasteiger partial charge in [0.1, 0.15) is 0 Å². The van der Waals surface area contributed by atoms with Gasteiger partial charge in [0.2, 0.25) is 0 Å². The van der Waals surface area contributed by atoms with Crippen molar-refractivity contribution in [2.24, 2.45) is 4.99 Å². The van der Waals surface area contributed by atoms with Gasteiger partial charge in [-0.05, 0) is 55.4 Å². The average Bonchev–Trinajstić information content (AvgIpc) is 2.88. The first-order chi connectivity index (χ1) is 16.2. The zero-order valence-corrected chi connectivity index (χ0v) is 19.8. The van der Waals surface area contributed by atoms with Crippen molar-refractivity contribution < 1.29 is 4.79 Å². The normalized spacial score (nSPS) is 18.2. The van der Waals surface area contributed by atoms with E-state index in [1.807, 2.05) is 36.2 Å². The summed E-state index contributed by atoms with van der Waals surface area (Å²) in [4.78, 5) is 21.6. The molecular weight excluding hydrogens is 410 g/mol. The average molecular weight is 448 g/mol. The highest BCUT2D eigenvalue weighted by atomic mass is 16.2. The summed E-state index contributed by atoms with van der Waals surface area (Å²) in [6.45, 7) is 5.66. The van der Waals surface area contributed by atoms with Crippen LogP contribution in [0.3, 0.4) is 0 Å². The molecule has 2 aromatic carbocycles. The van der Waals surface area contributed by atoms with E-state index in [1.165, 1.54) is 12.0 Å². The molecule has 0 saturated carbocycles. The van der Waals surface area contributed by atoms with Crippen LogP contribution in [-0.2, 0) is 13.1 Å². The third-order valence-electron chi connectivity index (χ3n) is 6.71. The number of guanidine groups is 1. The molecule has 1 amide bonds. The molecular formula is C27H37N5O. The van der Waals surface area contributed by atoms with Crippen LogP contribution in [0.5, 0.6) is 0 Å². The lowest BCUT2D eigenvalue weighted by Crippen LogP contribution is -2.48. The standard InChI is InChI=1S/C27H37N5O/c1-28-27(30-25-14-18-31(19-15-25)21-23-8-4-2-5-9-23)29-20-22-10-12-24(13-11-22)26(33)32-16-6-3-7-17-32/h2,4-5,8-13,25H,3,6-7,14-21H2,1H3,(H2,28,29,30). The number of nitrogens with zero attached hydrogens (tertiary/aromatic N) is 3. The van der Waals surface area contributed by atoms with Crippen LogP contribution in [0.4, 0.5) is 0 Å². The summed E-state index contributed by atoms with van der Waals surface area (Å²) < 4.78 is 0. The van der Waals surface area contributed by atoms with E-state index in [0.29, 0.717) is 12.6 Å². The Kier molecular flexibility index (Phi) is 8.36. The lowest BCUT2D eigenvalue weighted by Gasteiger charge is -2.33. The Morgan fingerprint density at radius 3 is 2.27 bits per heavy atom. The highest BCUT2D eigenvalue weighted by Crippen LogP contribution is 2.15. The second-order valence-corrected chi connectivity index (χ2v) is 9.16. The van der Waals surface area contributed by atoms with Crippen LogP contribution in [0.1, 0.15) is 53.6 Å². The van der Waals surface area contributed by atoms with E-state index in [1.54, 1.807) is 0 Å². The summed E-state index contributed by atoms with van der Waals surface area (Å²) in [5.74, 6) is 0.996. The van der Waals surface area contributed by atoms with Crippen LogP contribution in [0.2, 0.25) is 0 Å². The molecule has 2 N–H and O–H groups in total. The van der Waals surface area contributed by atoms with Gasteiger partial charge >= 0.3 is 0 Å². The molecule has 0 spiro atoms. The SMILES string of the molecule is CN=C(NCc1ccc(C(=O)N2CCCCC2)cc1)NC1CCN(Cc2ccccc2)CC1. The summed E-state index contributed by atoms with van der Waals surface area (Å²) >= 11 is 0. The van der Waals surface area contributed by atoms with Crippen LogP contribution in [-0.4, -0.2) is 60.9 Å². The predicted molar refractivity (Wildman–Crippen MR) is 134 cm³/mol. The first-order valence-electron chi connectivity index (χ1n) is 12.3. The summed E-state index contributed by atoms with van der Waals surface area (Å²) in [5, 5.41) is 7.01. The van der Waals surface area contributed by atoms with Crippen LogP contribution in [0, 0.1) is 0 Å². The molecule has 33 heavy (non-hydrogen) atoms. The van der Waals surface area contributed by atoms with Gasteiger partial charge < -0.3 is 15.5 Å². The van der Waals surface area contributed by atoms with Crippen LogP contribution >= 0.6 is 0 Å². The van der Waals surface area contributed by atoms with Crippen LogP contribution < -0.4 is 10.6 Å². The molecule has 2 aliphatic heterocycles. The number of carbonyl (C=O) groups excluding carboxylic acids is 1. The Morgan fingerprint density at radius 1 is 0.909 bits per heavy atom. The molecule has 2 aliphatic rings. The summed E-state index contributed by atoms with van der Waals surface area (Å²) in [7, 11) is 1.82. The predicted octanol–water partition coefficient (Wildman–Crippen LogP) is 3.64. The number of piperidine rings is 2. The summed E-state index contributed by atoms with van der Waals surface area (Å²) in [6.07, 6.45) is 5.69. The maximum absolute atomic E-state index is 12.6. The summed E-state index contributed by atoms with van der Waals surface area (Å²) in [6, 6.07) is 19.1. The Labute approximate surface area is 198 Å². The maximum atomic E-state index is 12.6. The number of hydrogen-bond acceptors (Lipinski definition) is 3. The second kappa shape index (κ2) is 11.8. The molecule has 2 aromatic rings. The van der Waals surface area contributed by atoms with E-state index in [-0.39, 0.29) is 5.91 Å². The van der Waals surface area contributed by atoms with Gasteiger partial charge in [0, 0.05) is 57.9 Å². The molecule has 4 rings (SSSR count). The first-order valence-corrected chi connectivity index (χ1v) is 12.3. The number of likely N-dealkylation sites (tertiary alicyclic amines) is 2. The highest BCUT2D eigenvalue weighted by Gasteiger charge is 2.20. The topological polar surface area (TPSA) is 60.0 Å². The van der Waals surface area contributed by atoms with Gasteiger partial charge in [-0.25, -0.2) is 0 Å². The van der Waals surface area contributed by atoms with Crippen molar-refractivity contribution in [3.63, 3.8) is 0 Å². The fourth-order valence-corrected chi connectivity index (χ4v) is 4.70. The fraction of sp³-hybridized carbons (Fsp3) is 0.481. The molecule has 0 aliphatic carbocycles. The molecule has 176 valence electrons. The minimum Gasteiger partial charge on any atom is -0.354 e. The number of nitrogens with one attached hydrogen (secondary N) is 2. The monoisotopic (exact) mass is 447 g/mol. The minimum absolute atomic E-state index is 0.158. The Hall–Kier alpha value is -2.86. The number of rotatable bonds is 6. The van der Waals surface area contributed by atoms with E-state index >= 15 is 0 Å². The van der Waals surface area contributed by atoms with E-state index in [2.05, 4.69) is 50.9 Å². The molecule has 0 radical (unpaired) electrons. The van der Waals surface area contributed by atoms with E-state index in [9.17, 15) is 4.79 Å². The Bertz CT molecular complexity index is 898. The molecule has 2 fully saturated rings. The van der Waals surface area contributed by atoms with E-state index < -0.39 is 0 Å². The maximum Gasteiger partial charge on any atom is 0.253 e. The number of amides is 1. The molecule has 6 heteroatoms. The van der Waals surface area contributed by atoms with Gasteiger partial charge in [0.15, 0.2) is 5.96 Å². The largest absolute Gasteiger partial charge is 0.354 e. The van der Waals surface area contributed by atoms with Crippen molar-refractivity contribution in [1.29, 1.82) is 0 Å². The number of aliphatic imine (C=N–C) groups is 1. The molecule has 2 saturated heterocycles. The number of hydrogen-bond donors (Lipinski definition) is 2. The Morgan fingerprint density at radius 2 is 1.61 bits per heavy atom. The first kappa shape index (κ1) is 23.3. The number of benzene rings is 2. The quantitative estimate of drug-likeness (QED) is 0.524. The lowest BCUT2D eigenvalue weighted by molar-refractivity contribution is 0.0724. The molecule has 0 bridgehead atoms. The van der Waals surface area contributed by atoms with Crippen LogP contribution in [0.15, 0.2) is 59.6 Å². The molecule has 6 nitrogen and oxygen atoms in total. The molecule has 0 atom stereocenters. The minimum atomic E-state index is 0.158. The van der Waals surface area contributed by atoms with Gasteiger partial charge in [0.05, 0.1) is 0 Å². The van der Waals surface area contributed by atoms with Crippen molar-refractivity contribution >= 4 is 11.9 Å². The van der Waals surface area contributed by atoms with Crippen LogP contribution in [0.25, 0.3) is 0 Å². The third-order valence-corrected chi connectivity index (χ3v) is 6.71. The van der Waals surface area contributed by atoms with Gasteiger partial charge in [-0.3, -0.25) is 14.7 Å². The van der Waals surface area contributed by atoms with Gasteiger partial charge in [-0.1, -0.05) is 42.5 Å². The van der Waals surface area contributed by atoms with Gasteiger partial charge in [-0.2, -0.15) is 0 Å². The smallest absolute Gasteiger partial charge is 0.253 e. The lowest BCUT2D eigenvalue weighted by atomic mass is 10.0. The second-order valence-electron chi connectivity index (χ2n) is 9.16. The van der Waals surface area contributed by atoms with Crippen molar-refractivity contribution in [2.45, 2.75) is 51.2 Å². The zero-order chi connectivity index (χ0) is 22.9. The van der Waals surface area contributed by atoms with Crippen molar-refractivity contribution in [2.75, 3.05) is 33.2 Å². The molecule has 2 heterocycles. The van der Waals surface area contributed by atoms with Crippen molar-refractivity contribution in [1.82, 2.24) is 20.4 Å². The van der Waals surface area contributed by atoms with Crippen molar-refractivity contribution in [3.05, 3.63) is 71.3 Å². The van der Waals surface area contributed by atoms with E-state index in [0.717, 1.165) is 75.5 Å². The van der Waals surface area contributed by atoms with Crippen molar-refractivity contribution in [3.8, 4) is 0 Å². The molecule has 0 unspecified atom stereocenters. The van der Waals surface area contributed by atoms with E-state index in [4.69, 9.17) is 0 Å².